The fourth-order valence-corrected chi connectivity index (χ4v) is 3.92. The van der Waals surface area contributed by atoms with E-state index in [-0.39, 0.29) is 17.5 Å². The Kier molecular flexibility index (Phi) is 5.98. The van der Waals surface area contributed by atoms with Crippen molar-refractivity contribution in [3.8, 4) is 0 Å². The summed E-state index contributed by atoms with van der Waals surface area (Å²) in [5.74, 6) is -1.53. The van der Waals surface area contributed by atoms with E-state index in [1.165, 1.54) is 11.5 Å². The van der Waals surface area contributed by atoms with Crippen molar-refractivity contribution in [2.24, 2.45) is 5.92 Å². The third-order valence-electron chi connectivity index (χ3n) is 5.39. The van der Waals surface area contributed by atoms with Crippen LogP contribution in [0.4, 0.5) is 14.5 Å². The summed E-state index contributed by atoms with van der Waals surface area (Å²) < 4.78 is 29.6. The molecule has 0 radical (unpaired) electrons. The van der Waals surface area contributed by atoms with Crippen LogP contribution in [-0.2, 0) is 6.54 Å². The molecule has 1 aromatic carbocycles. The van der Waals surface area contributed by atoms with Crippen molar-refractivity contribution in [2.45, 2.75) is 26.8 Å². The van der Waals surface area contributed by atoms with Crippen LogP contribution < -0.4 is 15.6 Å². The fourth-order valence-electron chi connectivity index (χ4n) is 3.92. The molecule has 2 aromatic rings. The van der Waals surface area contributed by atoms with E-state index >= 15 is 4.39 Å². The summed E-state index contributed by atoms with van der Waals surface area (Å²) in [4.78, 5) is 26.0. The second-order valence-corrected chi connectivity index (χ2v) is 7.20. The summed E-state index contributed by atoms with van der Waals surface area (Å²) in [5, 5.41) is 12.6. The Labute approximate surface area is 161 Å². The molecule has 1 aromatic heterocycles. The molecule has 1 unspecified atom stereocenters. The molecule has 1 aliphatic rings. The Morgan fingerprint density at radius 2 is 2.18 bits per heavy atom. The number of alkyl halides is 1. The normalized spacial score (nSPS) is 16.9. The van der Waals surface area contributed by atoms with E-state index in [0.717, 1.165) is 25.7 Å². The molecule has 0 amide bonds. The van der Waals surface area contributed by atoms with Gasteiger partial charge in [-0.3, -0.25) is 4.79 Å². The molecular weight excluding hydrogens is 368 g/mol. The Bertz CT molecular complexity index is 958. The van der Waals surface area contributed by atoms with E-state index in [0.29, 0.717) is 30.2 Å². The number of halogens is 2. The van der Waals surface area contributed by atoms with Crippen LogP contribution in [0, 0.1) is 18.7 Å². The molecule has 1 atom stereocenters. The highest BCUT2D eigenvalue weighted by Gasteiger charge is 2.27. The maximum atomic E-state index is 15.2. The van der Waals surface area contributed by atoms with Gasteiger partial charge in [-0.1, -0.05) is 6.92 Å². The van der Waals surface area contributed by atoms with Crippen LogP contribution in [0.25, 0.3) is 10.9 Å². The van der Waals surface area contributed by atoms with Crippen LogP contribution in [-0.4, -0.2) is 48.5 Å². The Balaban J connectivity index is 2.13. The molecule has 8 heteroatoms. The van der Waals surface area contributed by atoms with Crippen LogP contribution in [0.3, 0.4) is 0 Å². The standard InChI is InChI=1S/C20H25F2N3O3/c1-3-23-9-13-4-6-24(10-13)16-8-15-17(12(2)18(16)22)19(26)14(20(27)28)11-25(15)7-5-21/h8,11,13,23H,3-7,9-10H2,1-2H3,(H,27,28). The van der Waals surface area contributed by atoms with Gasteiger partial charge >= 0.3 is 5.97 Å². The highest BCUT2D eigenvalue weighted by atomic mass is 19.1. The summed E-state index contributed by atoms with van der Waals surface area (Å²) in [6.07, 6.45) is 2.07. The number of hydrogen-bond acceptors (Lipinski definition) is 4. The van der Waals surface area contributed by atoms with Crippen molar-refractivity contribution < 1.29 is 18.7 Å². The first-order chi connectivity index (χ1) is 13.4. The van der Waals surface area contributed by atoms with Crippen molar-refractivity contribution >= 4 is 22.6 Å². The van der Waals surface area contributed by atoms with E-state index in [9.17, 15) is 19.1 Å². The van der Waals surface area contributed by atoms with Gasteiger partial charge in [-0.2, -0.15) is 0 Å². The highest BCUT2D eigenvalue weighted by Crippen LogP contribution is 2.32. The van der Waals surface area contributed by atoms with Gasteiger partial charge in [0.2, 0.25) is 5.43 Å². The number of nitrogens with one attached hydrogen (secondary N) is 1. The maximum Gasteiger partial charge on any atom is 0.341 e. The largest absolute Gasteiger partial charge is 0.477 e. The number of hydrogen-bond donors (Lipinski definition) is 2. The van der Waals surface area contributed by atoms with Crippen LogP contribution in [0.15, 0.2) is 17.1 Å². The number of anilines is 1. The number of rotatable bonds is 7. The number of aromatic carboxylic acids is 1. The number of aromatic nitrogens is 1. The molecule has 3 rings (SSSR count). The first-order valence-electron chi connectivity index (χ1n) is 9.50. The third-order valence-corrected chi connectivity index (χ3v) is 5.39. The minimum Gasteiger partial charge on any atom is -0.477 e. The monoisotopic (exact) mass is 393 g/mol. The zero-order valence-electron chi connectivity index (χ0n) is 16.1. The number of pyridine rings is 1. The van der Waals surface area contributed by atoms with Gasteiger partial charge in [0.05, 0.1) is 23.1 Å². The molecule has 28 heavy (non-hydrogen) atoms. The van der Waals surface area contributed by atoms with E-state index in [1.807, 2.05) is 11.8 Å². The lowest BCUT2D eigenvalue weighted by Crippen LogP contribution is -2.27. The van der Waals surface area contributed by atoms with Crippen molar-refractivity contribution in [3.63, 3.8) is 0 Å². The molecule has 0 aliphatic carbocycles. The van der Waals surface area contributed by atoms with E-state index in [2.05, 4.69) is 5.32 Å². The zero-order valence-corrected chi connectivity index (χ0v) is 16.1. The Morgan fingerprint density at radius 3 is 2.82 bits per heavy atom. The molecule has 2 N–H and O–H groups in total. The quantitative estimate of drug-likeness (QED) is 0.756. The lowest BCUT2D eigenvalue weighted by molar-refractivity contribution is 0.0694. The molecule has 0 saturated carbocycles. The van der Waals surface area contributed by atoms with Gasteiger partial charge in [0.1, 0.15) is 18.1 Å². The molecule has 2 heterocycles. The van der Waals surface area contributed by atoms with Gasteiger partial charge in [-0.05, 0) is 38.4 Å². The number of benzene rings is 1. The SMILES string of the molecule is CCNCC1CCN(c2cc3c(c(C)c2F)c(=O)c(C(=O)O)cn3CCF)C1. The lowest BCUT2D eigenvalue weighted by atomic mass is 10.0. The number of fused-ring (bicyclic) bond motifs is 1. The molecule has 1 aliphatic heterocycles. The number of carboxylic acid groups (broad SMARTS) is 1. The van der Waals surface area contributed by atoms with Crippen LogP contribution in [0.5, 0.6) is 0 Å². The molecule has 0 spiro atoms. The van der Waals surface area contributed by atoms with Crippen molar-refractivity contribution in [2.75, 3.05) is 37.8 Å². The molecule has 6 nitrogen and oxygen atoms in total. The first-order valence-corrected chi connectivity index (χ1v) is 9.50. The summed E-state index contributed by atoms with van der Waals surface area (Å²) in [7, 11) is 0. The predicted molar refractivity (Wildman–Crippen MR) is 105 cm³/mol. The lowest BCUT2D eigenvalue weighted by Gasteiger charge is -2.23. The number of nitrogens with zero attached hydrogens (tertiary/aromatic N) is 2. The average molecular weight is 393 g/mol. The molecule has 0 bridgehead atoms. The average Bonchev–Trinajstić information content (AvgIpc) is 3.13. The maximum absolute atomic E-state index is 15.2. The summed E-state index contributed by atoms with van der Waals surface area (Å²) in [5.41, 5.74) is -0.394. The van der Waals surface area contributed by atoms with Crippen LogP contribution in [0.1, 0.15) is 29.3 Å². The smallest absolute Gasteiger partial charge is 0.341 e. The molecule has 152 valence electrons. The Morgan fingerprint density at radius 1 is 1.43 bits per heavy atom. The number of aryl methyl sites for hydroxylation is 2. The summed E-state index contributed by atoms with van der Waals surface area (Å²) in [6, 6.07) is 1.55. The minimum absolute atomic E-state index is 0.00186. The van der Waals surface area contributed by atoms with Gasteiger partial charge in [0.25, 0.3) is 0 Å². The van der Waals surface area contributed by atoms with Gasteiger partial charge in [0, 0.05) is 24.8 Å². The zero-order chi connectivity index (χ0) is 20.4. The molecule has 1 saturated heterocycles. The van der Waals surface area contributed by atoms with E-state index in [4.69, 9.17) is 0 Å². The third kappa shape index (κ3) is 3.61. The second-order valence-electron chi connectivity index (χ2n) is 7.20. The number of carboxylic acids is 1. The van der Waals surface area contributed by atoms with Gasteiger partial charge in [-0.25, -0.2) is 13.6 Å². The summed E-state index contributed by atoms with van der Waals surface area (Å²) >= 11 is 0. The van der Waals surface area contributed by atoms with Crippen LogP contribution >= 0.6 is 0 Å². The van der Waals surface area contributed by atoms with Crippen LogP contribution in [0.2, 0.25) is 0 Å². The van der Waals surface area contributed by atoms with Crippen molar-refractivity contribution in [3.05, 3.63) is 39.4 Å². The molecule has 1 fully saturated rings. The fraction of sp³-hybridized carbons (Fsp3) is 0.500. The van der Waals surface area contributed by atoms with Gasteiger partial charge < -0.3 is 19.9 Å². The van der Waals surface area contributed by atoms with Crippen molar-refractivity contribution in [1.82, 2.24) is 9.88 Å². The van der Waals surface area contributed by atoms with Gasteiger partial charge in [-0.15, -0.1) is 0 Å². The number of carbonyl (C=O) groups is 1. The van der Waals surface area contributed by atoms with Gasteiger partial charge in [0.15, 0.2) is 0 Å². The highest BCUT2D eigenvalue weighted by molar-refractivity contribution is 5.95. The van der Waals surface area contributed by atoms with Crippen molar-refractivity contribution in [1.29, 1.82) is 0 Å². The van der Waals surface area contributed by atoms with E-state index < -0.39 is 29.5 Å². The van der Waals surface area contributed by atoms with E-state index in [1.54, 1.807) is 6.07 Å². The summed E-state index contributed by atoms with van der Waals surface area (Å²) in [6.45, 7) is 5.79. The minimum atomic E-state index is -1.41. The Hall–Kier alpha value is -2.48. The molecular formula is C20H25F2N3O3. The first kappa shape index (κ1) is 20.3. The predicted octanol–water partition coefficient (Wildman–Crippen LogP) is 2.55. The topological polar surface area (TPSA) is 74.6 Å². The second kappa shape index (κ2) is 8.26.